The van der Waals surface area contributed by atoms with Crippen LogP contribution in [0.25, 0.3) is 0 Å². The molecule has 2 fully saturated rings. The van der Waals surface area contributed by atoms with E-state index in [-0.39, 0.29) is 49.6 Å². The van der Waals surface area contributed by atoms with Crippen LogP contribution in [0.15, 0.2) is 121 Å². The van der Waals surface area contributed by atoms with E-state index in [1.165, 1.54) is 4.90 Å². The van der Waals surface area contributed by atoms with E-state index in [1.54, 1.807) is 48.4 Å². The molecule has 2 N–H and O–H groups in total. The van der Waals surface area contributed by atoms with Crippen molar-refractivity contribution in [3.63, 3.8) is 0 Å². The first kappa shape index (κ1) is 48.8. The highest BCUT2D eigenvalue weighted by Crippen LogP contribution is 2.46. The number of hydrogen-bond donors (Lipinski definition) is 2. The first-order chi connectivity index (χ1) is 30.9. The monoisotopic (exact) mass is 948 g/mol. The third kappa shape index (κ3) is 11.6. The summed E-state index contributed by atoms with van der Waals surface area (Å²) in [6, 6.07) is 34.3. The SMILES string of the molecule is CCC[C@H](C(=O)O)N1C(=O)[C@H](Cc2ccccc2OC)O[C@@H](c2ccc(Cl)cc2)[C@H]1c1ccc(Cl)cc1.CCC[C@H](CO)N1C(=O)CO[C@H](c2ccc(Cl)cc2)[C@@H]1c1ccc(Cl)cc1. The van der Waals surface area contributed by atoms with Crippen LogP contribution in [0.3, 0.4) is 0 Å². The maximum Gasteiger partial charge on any atom is 0.326 e. The van der Waals surface area contributed by atoms with Crippen LogP contribution in [0.1, 0.15) is 91.6 Å². The molecule has 0 saturated carbocycles. The molecule has 2 aliphatic rings. The lowest BCUT2D eigenvalue weighted by Gasteiger charge is -2.47. The molecule has 5 aromatic rings. The Balaban J connectivity index is 0.000000223. The molecule has 0 unspecified atom stereocenters. The fourth-order valence-electron chi connectivity index (χ4n) is 8.51. The number of carboxylic acids is 1. The molecule has 7 rings (SSSR count). The lowest BCUT2D eigenvalue weighted by Crippen LogP contribution is -2.57. The molecule has 7 atom stereocenters. The molecular weight excluding hydrogens is 898 g/mol. The quantitative estimate of drug-likeness (QED) is 0.106. The molecule has 0 aromatic heterocycles. The van der Waals surface area contributed by atoms with Crippen molar-refractivity contribution >= 4 is 64.2 Å². The van der Waals surface area contributed by atoms with Crippen LogP contribution >= 0.6 is 46.4 Å². The van der Waals surface area contributed by atoms with Gasteiger partial charge in [-0.1, -0.05) is 140 Å². The predicted molar refractivity (Wildman–Crippen MR) is 250 cm³/mol. The fraction of sp³-hybridized carbons (Fsp3) is 0.340. The van der Waals surface area contributed by atoms with Gasteiger partial charge in [0, 0.05) is 26.5 Å². The van der Waals surface area contributed by atoms with Crippen molar-refractivity contribution in [3.8, 4) is 5.75 Å². The molecule has 5 aromatic carbocycles. The van der Waals surface area contributed by atoms with Gasteiger partial charge in [0.05, 0.1) is 31.8 Å². The number of amides is 2. The lowest BCUT2D eigenvalue weighted by atomic mass is 9.88. The van der Waals surface area contributed by atoms with Gasteiger partial charge in [0.1, 0.15) is 36.7 Å². The second-order valence-corrected chi connectivity index (χ2v) is 17.4. The summed E-state index contributed by atoms with van der Waals surface area (Å²) < 4.78 is 18.0. The topological polar surface area (TPSA) is 126 Å². The summed E-state index contributed by atoms with van der Waals surface area (Å²) in [6.07, 6.45) is 0.808. The number of carbonyl (C=O) groups excluding carboxylic acids is 2. The van der Waals surface area contributed by atoms with Gasteiger partial charge in [0.2, 0.25) is 5.91 Å². The predicted octanol–water partition coefficient (Wildman–Crippen LogP) is 11.3. The summed E-state index contributed by atoms with van der Waals surface area (Å²) in [5.41, 5.74) is 4.17. The molecule has 2 aliphatic heterocycles. The number of hydrogen-bond acceptors (Lipinski definition) is 7. The van der Waals surface area contributed by atoms with Crippen LogP contribution in [0, 0.1) is 0 Å². The number of carbonyl (C=O) groups is 3. The van der Waals surface area contributed by atoms with E-state index in [0.29, 0.717) is 38.7 Å². The van der Waals surface area contributed by atoms with E-state index < -0.39 is 30.3 Å². The van der Waals surface area contributed by atoms with Crippen LogP contribution in [0.5, 0.6) is 5.75 Å². The molecule has 0 spiro atoms. The standard InChI is InChI=1S/C29H29Cl2NO5.C21H23Cl2NO3/c1-3-6-23(29(34)35)32-26(18-9-13-21(30)14-10-18)27(19-11-15-22(31)16-12-19)37-25(28(32)33)17-20-7-4-5-8-24(20)36-2;1-2-3-18(12-25)24-19(26)13-27-21(15-6-10-17(23)11-7-15)20(24)14-4-8-16(22)9-5-14/h4-5,7-16,23,25-27H,3,6,17H2,1-2H3,(H,34,35);4-11,18,20-21,25H,2-3,12-13H2,1H3/t23-,25+,26-,27+;18-,20+,21-/m11/s1. The van der Waals surface area contributed by atoms with Crippen molar-refractivity contribution in [2.75, 3.05) is 20.3 Å². The number of morpholine rings is 2. The number of halogens is 4. The third-order valence-corrected chi connectivity index (χ3v) is 12.5. The number of methoxy groups -OCH3 is 1. The van der Waals surface area contributed by atoms with E-state index >= 15 is 0 Å². The highest BCUT2D eigenvalue weighted by molar-refractivity contribution is 6.31. The largest absolute Gasteiger partial charge is 0.496 e. The second kappa shape index (κ2) is 23.0. The highest BCUT2D eigenvalue weighted by atomic mass is 35.5. The zero-order chi connectivity index (χ0) is 45.9. The molecular formula is C50H52Cl4N2O8. The second-order valence-electron chi connectivity index (χ2n) is 15.7. The van der Waals surface area contributed by atoms with Crippen LogP contribution < -0.4 is 4.74 Å². The molecule has 0 radical (unpaired) electrons. The number of ether oxygens (including phenoxy) is 3. The van der Waals surface area contributed by atoms with Crippen LogP contribution in [0.2, 0.25) is 20.1 Å². The molecule has 2 amide bonds. The van der Waals surface area contributed by atoms with E-state index in [4.69, 9.17) is 60.6 Å². The highest BCUT2D eigenvalue weighted by Gasteiger charge is 2.48. The number of aliphatic hydroxyl groups excluding tert-OH is 1. The Hall–Kier alpha value is -4.65. The molecule has 0 bridgehead atoms. The first-order valence-electron chi connectivity index (χ1n) is 21.3. The van der Waals surface area contributed by atoms with Crippen molar-refractivity contribution < 1.29 is 38.8 Å². The molecule has 2 heterocycles. The maximum absolute atomic E-state index is 14.1. The molecule has 0 aliphatic carbocycles. The number of aliphatic carboxylic acids is 1. The van der Waals surface area contributed by atoms with Gasteiger partial charge < -0.3 is 34.2 Å². The zero-order valence-corrected chi connectivity index (χ0v) is 38.8. The van der Waals surface area contributed by atoms with Gasteiger partial charge in [-0.25, -0.2) is 4.79 Å². The van der Waals surface area contributed by atoms with Crippen LogP contribution in [-0.4, -0.2) is 76.3 Å². The molecule has 10 nitrogen and oxygen atoms in total. The summed E-state index contributed by atoms with van der Waals surface area (Å²) in [6.45, 7) is 3.84. The van der Waals surface area contributed by atoms with E-state index in [9.17, 15) is 24.6 Å². The Kier molecular flexibility index (Phi) is 17.5. The average Bonchev–Trinajstić information content (AvgIpc) is 3.29. The van der Waals surface area contributed by atoms with Crippen molar-refractivity contribution in [3.05, 3.63) is 169 Å². The van der Waals surface area contributed by atoms with E-state index in [1.807, 2.05) is 98.8 Å². The minimum Gasteiger partial charge on any atom is -0.496 e. The summed E-state index contributed by atoms with van der Waals surface area (Å²) in [5.74, 6) is -0.914. The van der Waals surface area contributed by atoms with Gasteiger partial charge in [0.15, 0.2) is 0 Å². The van der Waals surface area contributed by atoms with Crippen molar-refractivity contribution in [1.82, 2.24) is 9.80 Å². The number of benzene rings is 5. The molecule has 64 heavy (non-hydrogen) atoms. The molecule has 338 valence electrons. The summed E-state index contributed by atoms with van der Waals surface area (Å²) in [4.78, 5) is 42.7. The van der Waals surface area contributed by atoms with Crippen LogP contribution in [-0.2, 0) is 30.3 Å². The van der Waals surface area contributed by atoms with E-state index in [0.717, 1.165) is 40.7 Å². The number of para-hydroxylation sites is 1. The maximum atomic E-state index is 14.1. The van der Waals surface area contributed by atoms with Gasteiger partial charge in [0.25, 0.3) is 5.91 Å². The van der Waals surface area contributed by atoms with Crippen molar-refractivity contribution in [2.45, 2.75) is 88.4 Å². The Bertz CT molecular complexity index is 2320. The molecule has 2 saturated heterocycles. The van der Waals surface area contributed by atoms with Gasteiger partial charge in [-0.15, -0.1) is 0 Å². The van der Waals surface area contributed by atoms with Gasteiger partial charge in [-0.2, -0.15) is 0 Å². The fourth-order valence-corrected chi connectivity index (χ4v) is 9.02. The zero-order valence-electron chi connectivity index (χ0n) is 35.8. The number of nitrogens with zero attached hydrogens (tertiary/aromatic N) is 2. The summed E-state index contributed by atoms with van der Waals surface area (Å²) in [5, 5.41) is 22.6. The average molecular weight is 951 g/mol. The van der Waals surface area contributed by atoms with Crippen molar-refractivity contribution in [1.29, 1.82) is 0 Å². The van der Waals surface area contributed by atoms with Gasteiger partial charge >= 0.3 is 5.97 Å². The minimum absolute atomic E-state index is 0.0163. The summed E-state index contributed by atoms with van der Waals surface area (Å²) in [7, 11) is 1.57. The number of rotatable bonds is 15. The smallest absolute Gasteiger partial charge is 0.326 e. The normalized spacial score (nSPS) is 20.8. The van der Waals surface area contributed by atoms with Gasteiger partial charge in [-0.3, -0.25) is 9.59 Å². The number of aliphatic hydroxyl groups is 1. The van der Waals surface area contributed by atoms with Crippen molar-refractivity contribution in [2.24, 2.45) is 0 Å². The Labute approximate surface area is 394 Å². The van der Waals surface area contributed by atoms with E-state index in [2.05, 4.69) is 0 Å². The Morgan fingerprint density at radius 2 is 1.16 bits per heavy atom. The molecule has 14 heteroatoms. The lowest BCUT2D eigenvalue weighted by molar-refractivity contribution is -0.184. The van der Waals surface area contributed by atoms with Crippen LogP contribution in [0.4, 0.5) is 0 Å². The Morgan fingerprint density at radius 1 is 0.688 bits per heavy atom. The summed E-state index contributed by atoms with van der Waals surface area (Å²) >= 11 is 24.4. The first-order valence-corrected chi connectivity index (χ1v) is 22.8. The minimum atomic E-state index is -1.05. The third-order valence-electron chi connectivity index (χ3n) is 11.5. The van der Waals surface area contributed by atoms with Gasteiger partial charge in [-0.05, 0) is 95.3 Å². The Morgan fingerprint density at radius 3 is 1.62 bits per heavy atom. The number of carboxylic acid groups (broad SMARTS) is 1.